The molecule has 0 radical (unpaired) electrons. The number of aryl methyl sites for hydroxylation is 2. The molecule has 0 bridgehead atoms. The summed E-state index contributed by atoms with van der Waals surface area (Å²) in [7, 11) is 0. The standard InChI is InChI=1S/C21H30N6O2/c28-21(18-14-17-8-4-5-9-27(17)23-18)26-12-10-25(11-13-26)15-19-22-20(29-24-19)16-6-2-1-3-7-16/h14,16H,1-13,15H2. The Morgan fingerprint density at radius 3 is 2.66 bits per heavy atom. The van der Waals surface area contributed by atoms with Crippen molar-refractivity contribution in [2.75, 3.05) is 26.2 Å². The predicted octanol–water partition coefficient (Wildman–Crippen LogP) is 2.61. The highest BCUT2D eigenvalue weighted by atomic mass is 16.5. The van der Waals surface area contributed by atoms with Gasteiger partial charge in [0.05, 0.1) is 6.54 Å². The lowest BCUT2D eigenvalue weighted by Gasteiger charge is -2.33. The smallest absolute Gasteiger partial charge is 0.274 e. The summed E-state index contributed by atoms with van der Waals surface area (Å²) in [6, 6.07) is 1.99. The van der Waals surface area contributed by atoms with Crippen molar-refractivity contribution in [2.45, 2.75) is 70.4 Å². The summed E-state index contributed by atoms with van der Waals surface area (Å²) < 4.78 is 7.55. The molecule has 3 aliphatic rings. The Balaban J connectivity index is 1.14. The Morgan fingerprint density at radius 2 is 1.86 bits per heavy atom. The van der Waals surface area contributed by atoms with Crippen molar-refractivity contribution in [1.82, 2.24) is 29.7 Å². The zero-order chi connectivity index (χ0) is 19.6. The summed E-state index contributed by atoms with van der Waals surface area (Å²) in [5.74, 6) is 2.09. The van der Waals surface area contributed by atoms with Crippen LogP contribution in [0.2, 0.25) is 0 Å². The van der Waals surface area contributed by atoms with E-state index < -0.39 is 0 Å². The number of nitrogens with zero attached hydrogens (tertiary/aromatic N) is 6. The minimum atomic E-state index is 0.0608. The molecule has 0 atom stereocenters. The van der Waals surface area contributed by atoms with Gasteiger partial charge in [-0.1, -0.05) is 24.4 Å². The molecule has 0 unspecified atom stereocenters. The molecule has 1 amide bonds. The van der Waals surface area contributed by atoms with Gasteiger partial charge in [-0.15, -0.1) is 0 Å². The van der Waals surface area contributed by atoms with Gasteiger partial charge in [0.25, 0.3) is 5.91 Å². The summed E-state index contributed by atoms with van der Waals surface area (Å²) in [5.41, 5.74) is 1.80. The molecule has 2 aromatic heterocycles. The fraction of sp³-hybridized carbons (Fsp3) is 0.714. The normalized spacial score (nSPS) is 21.3. The molecule has 4 heterocycles. The van der Waals surface area contributed by atoms with Crippen LogP contribution in [0.5, 0.6) is 0 Å². The predicted molar refractivity (Wildman–Crippen MR) is 106 cm³/mol. The largest absolute Gasteiger partial charge is 0.339 e. The Bertz CT molecular complexity index is 822. The summed E-state index contributed by atoms with van der Waals surface area (Å²) in [6.45, 7) is 4.71. The minimum Gasteiger partial charge on any atom is -0.339 e. The quantitative estimate of drug-likeness (QED) is 0.788. The highest BCUT2D eigenvalue weighted by Crippen LogP contribution is 2.31. The van der Waals surface area contributed by atoms with Crippen LogP contribution >= 0.6 is 0 Å². The molecular formula is C21H30N6O2. The van der Waals surface area contributed by atoms with Crippen molar-refractivity contribution < 1.29 is 9.32 Å². The molecule has 2 aromatic rings. The first-order valence-electron chi connectivity index (χ1n) is 11.2. The third-order valence-corrected chi connectivity index (χ3v) is 6.60. The van der Waals surface area contributed by atoms with Gasteiger partial charge in [0.2, 0.25) is 5.89 Å². The lowest BCUT2D eigenvalue weighted by atomic mass is 9.89. The van der Waals surface area contributed by atoms with Crippen molar-refractivity contribution in [1.29, 1.82) is 0 Å². The first kappa shape index (κ1) is 18.8. The first-order chi connectivity index (χ1) is 14.3. The molecule has 5 rings (SSSR count). The number of piperazine rings is 1. The molecule has 1 saturated carbocycles. The van der Waals surface area contributed by atoms with E-state index in [4.69, 9.17) is 4.52 Å². The third kappa shape index (κ3) is 4.08. The summed E-state index contributed by atoms with van der Waals surface area (Å²) >= 11 is 0. The number of hydrogen-bond acceptors (Lipinski definition) is 6. The molecule has 1 saturated heterocycles. The van der Waals surface area contributed by atoms with Crippen LogP contribution in [0, 0.1) is 0 Å². The number of hydrogen-bond donors (Lipinski definition) is 0. The number of rotatable bonds is 4. The van der Waals surface area contributed by atoms with Gasteiger partial charge in [-0.2, -0.15) is 10.1 Å². The van der Waals surface area contributed by atoms with Crippen molar-refractivity contribution >= 4 is 5.91 Å². The molecule has 2 aliphatic heterocycles. The van der Waals surface area contributed by atoms with Gasteiger partial charge in [0.15, 0.2) is 11.5 Å². The Hall–Kier alpha value is -2.22. The van der Waals surface area contributed by atoms with E-state index in [1.165, 1.54) is 44.2 Å². The number of amides is 1. The van der Waals surface area contributed by atoms with E-state index in [9.17, 15) is 4.79 Å². The molecule has 8 heteroatoms. The van der Waals surface area contributed by atoms with E-state index in [-0.39, 0.29) is 5.91 Å². The average Bonchev–Trinajstić information content (AvgIpc) is 3.41. The van der Waals surface area contributed by atoms with Crippen LogP contribution in [-0.4, -0.2) is 61.8 Å². The summed E-state index contributed by atoms with van der Waals surface area (Å²) in [6.07, 6.45) is 9.55. The van der Waals surface area contributed by atoms with Crippen molar-refractivity contribution in [2.24, 2.45) is 0 Å². The van der Waals surface area contributed by atoms with E-state index in [0.717, 1.165) is 44.2 Å². The van der Waals surface area contributed by atoms with Gasteiger partial charge in [-0.05, 0) is 38.2 Å². The van der Waals surface area contributed by atoms with E-state index in [1.54, 1.807) is 0 Å². The summed E-state index contributed by atoms with van der Waals surface area (Å²) in [4.78, 5) is 21.7. The number of carbonyl (C=O) groups is 1. The van der Waals surface area contributed by atoms with E-state index >= 15 is 0 Å². The van der Waals surface area contributed by atoms with Crippen LogP contribution in [0.25, 0.3) is 0 Å². The maximum atomic E-state index is 12.9. The highest BCUT2D eigenvalue weighted by molar-refractivity contribution is 5.92. The van der Waals surface area contributed by atoms with Gasteiger partial charge >= 0.3 is 0 Å². The lowest BCUT2D eigenvalue weighted by Crippen LogP contribution is -2.48. The Kier molecular flexibility index (Phi) is 5.35. The Morgan fingerprint density at radius 1 is 1.03 bits per heavy atom. The molecule has 0 N–H and O–H groups in total. The zero-order valence-corrected chi connectivity index (χ0v) is 17.1. The zero-order valence-electron chi connectivity index (χ0n) is 17.1. The first-order valence-corrected chi connectivity index (χ1v) is 11.2. The minimum absolute atomic E-state index is 0.0608. The molecule has 29 heavy (non-hydrogen) atoms. The third-order valence-electron chi connectivity index (χ3n) is 6.60. The molecule has 2 fully saturated rings. The van der Waals surface area contributed by atoms with Gasteiger partial charge in [-0.25, -0.2) is 0 Å². The number of fused-ring (bicyclic) bond motifs is 1. The molecule has 0 spiro atoms. The van der Waals surface area contributed by atoms with Crippen molar-refractivity contribution in [3.8, 4) is 0 Å². The lowest BCUT2D eigenvalue weighted by molar-refractivity contribution is 0.0617. The van der Waals surface area contributed by atoms with Crippen LogP contribution in [0.4, 0.5) is 0 Å². The Labute approximate surface area is 171 Å². The maximum absolute atomic E-state index is 12.9. The second kappa shape index (κ2) is 8.26. The van der Waals surface area contributed by atoms with E-state index in [2.05, 4.69) is 20.1 Å². The van der Waals surface area contributed by atoms with Gasteiger partial charge in [0.1, 0.15) is 0 Å². The second-order valence-electron chi connectivity index (χ2n) is 8.65. The van der Waals surface area contributed by atoms with Crippen LogP contribution in [0.1, 0.15) is 78.8 Å². The number of aromatic nitrogens is 4. The van der Waals surface area contributed by atoms with E-state index in [1.807, 2.05) is 15.6 Å². The van der Waals surface area contributed by atoms with Crippen LogP contribution in [0.15, 0.2) is 10.6 Å². The molecule has 0 aromatic carbocycles. The van der Waals surface area contributed by atoms with Crippen molar-refractivity contribution in [3.05, 3.63) is 29.2 Å². The fourth-order valence-corrected chi connectivity index (χ4v) is 4.84. The fourth-order valence-electron chi connectivity index (χ4n) is 4.84. The second-order valence-corrected chi connectivity index (χ2v) is 8.65. The number of carbonyl (C=O) groups excluding carboxylic acids is 1. The van der Waals surface area contributed by atoms with Gasteiger partial charge < -0.3 is 9.42 Å². The van der Waals surface area contributed by atoms with Gasteiger partial charge in [-0.3, -0.25) is 14.4 Å². The maximum Gasteiger partial charge on any atom is 0.274 e. The van der Waals surface area contributed by atoms with Crippen LogP contribution in [-0.2, 0) is 19.5 Å². The SMILES string of the molecule is O=C(c1cc2n(n1)CCCC2)N1CCN(Cc2noc(C3CCCCC3)n2)CC1. The summed E-state index contributed by atoms with van der Waals surface area (Å²) in [5, 5.41) is 8.74. The topological polar surface area (TPSA) is 80.3 Å². The highest BCUT2D eigenvalue weighted by Gasteiger charge is 2.27. The van der Waals surface area contributed by atoms with Crippen molar-refractivity contribution in [3.63, 3.8) is 0 Å². The molecular weight excluding hydrogens is 368 g/mol. The molecule has 156 valence electrons. The molecule has 8 nitrogen and oxygen atoms in total. The van der Waals surface area contributed by atoms with Crippen LogP contribution < -0.4 is 0 Å². The van der Waals surface area contributed by atoms with E-state index in [0.29, 0.717) is 31.2 Å². The van der Waals surface area contributed by atoms with Gasteiger partial charge in [0, 0.05) is 44.3 Å². The van der Waals surface area contributed by atoms with Crippen LogP contribution in [0.3, 0.4) is 0 Å². The monoisotopic (exact) mass is 398 g/mol. The average molecular weight is 399 g/mol. The molecule has 1 aliphatic carbocycles.